The number of fused-ring (bicyclic) bond motifs is 2. The lowest BCUT2D eigenvalue weighted by Crippen LogP contribution is -2.09. The molecule has 3 aromatic rings. The highest BCUT2D eigenvalue weighted by Gasteiger charge is 2.16. The predicted octanol–water partition coefficient (Wildman–Crippen LogP) is 3.13. The van der Waals surface area contributed by atoms with E-state index in [1.165, 1.54) is 17.4 Å². The molecular weight excluding hydrogens is 316 g/mol. The number of hydrogen-bond donors (Lipinski definition) is 2. The first kappa shape index (κ1) is 15.2. The first-order valence-corrected chi connectivity index (χ1v) is 7.72. The van der Waals surface area contributed by atoms with Crippen LogP contribution < -0.4 is 5.43 Å². The first-order chi connectivity index (χ1) is 11.0. The normalized spacial score (nSPS) is 11.0. The van der Waals surface area contributed by atoms with Crippen molar-refractivity contribution in [3.63, 3.8) is 0 Å². The molecule has 0 saturated carbocycles. The van der Waals surface area contributed by atoms with Gasteiger partial charge in [0.2, 0.25) is 0 Å². The van der Waals surface area contributed by atoms with Crippen LogP contribution in [-0.4, -0.2) is 22.2 Å². The Bertz CT molecular complexity index is 1000. The van der Waals surface area contributed by atoms with Crippen molar-refractivity contribution in [1.82, 2.24) is 0 Å². The average Bonchev–Trinajstić information content (AvgIpc) is 2.52. The lowest BCUT2D eigenvalue weighted by molar-refractivity contribution is -0.136. The van der Waals surface area contributed by atoms with Crippen molar-refractivity contribution in [2.24, 2.45) is 0 Å². The third kappa shape index (κ3) is 2.80. The molecule has 0 radical (unpaired) electrons. The van der Waals surface area contributed by atoms with Crippen molar-refractivity contribution in [2.75, 3.05) is 0 Å². The van der Waals surface area contributed by atoms with Crippen LogP contribution in [0.2, 0.25) is 0 Å². The number of aliphatic carboxylic acids is 1. The van der Waals surface area contributed by atoms with Gasteiger partial charge in [-0.2, -0.15) is 0 Å². The number of aromatic carboxylic acids is 1. The van der Waals surface area contributed by atoms with E-state index in [0.29, 0.717) is 15.6 Å². The summed E-state index contributed by atoms with van der Waals surface area (Å²) >= 11 is 1.33. The Hall–Kier alpha value is -2.73. The summed E-state index contributed by atoms with van der Waals surface area (Å²) in [5.74, 6) is -2.14. The number of benzene rings is 2. The third-order valence-electron chi connectivity index (χ3n) is 3.60. The topological polar surface area (TPSA) is 91.7 Å². The second-order valence-electron chi connectivity index (χ2n) is 5.14. The van der Waals surface area contributed by atoms with E-state index < -0.39 is 11.9 Å². The lowest BCUT2D eigenvalue weighted by Gasteiger charge is -2.07. The fourth-order valence-corrected chi connectivity index (χ4v) is 3.72. The average molecular weight is 328 g/mol. The molecule has 5 nitrogen and oxygen atoms in total. The Morgan fingerprint density at radius 1 is 1.04 bits per heavy atom. The summed E-state index contributed by atoms with van der Waals surface area (Å²) in [5, 5.41) is 18.9. The smallest absolute Gasteiger partial charge is 0.336 e. The zero-order valence-corrected chi connectivity index (χ0v) is 12.7. The molecule has 0 saturated heterocycles. The van der Waals surface area contributed by atoms with E-state index in [0.717, 1.165) is 4.70 Å². The molecule has 23 heavy (non-hydrogen) atoms. The molecule has 6 heteroatoms. The summed E-state index contributed by atoms with van der Waals surface area (Å²) in [4.78, 5) is 34.9. The van der Waals surface area contributed by atoms with Crippen molar-refractivity contribution in [2.45, 2.75) is 12.8 Å². The molecule has 1 aromatic heterocycles. The maximum Gasteiger partial charge on any atom is 0.336 e. The van der Waals surface area contributed by atoms with E-state index in [1.54, 1.807) is 18.2 Å². The highest BCUT2D eigenvalue weighted by molar-refractivity contribution is 7.24. The summed E-state index contributed by atoms with van der Waals surface area (Å²) in [6.07, 6.45) is 0.131. The molecule has 0 spiro atoms. The Labute approximate surface area is 134 Å². The highest BCUT2D eigenvalue weighted by Crippen LogP contribution is 2.28. The molecule has 2 N–H and O–H groups in total. The minimum atomic E-state index is -1.19. The van der Waals surface area contributed by atoms with Crippen molar-refractivity contribution in [3.8, 4) is 0 Å². The van der Waals surface area contributed by atoms with Gasteiger partial charge in [0.05, 0.1) is 10.9 Å². The highest BCUT2D eigenvalue weighted by atomic mass is 32.1. The molecule has 0 bridgehead atoms. The lowest BCUT2D eigenvalue weighted by atomic mass is 10.0. The van der Waals surface area contributed by atoms with E-state index in [2.05, 4.69) is 0 Å². The van der Waals surface area contributed by atoms with Crippen LogP contribution in [-0.2, 0) is 11.2 Å². The van der Waals surface area contributed by atoms with Crippen LogP contribution in [0.4, 0.5) is 0 Å². The molecule has 0 unspecified atom stereocenters. The Balaban J connectivity index is 2.33. The van der Waals surface area contributed by atoms with Crippen LogP contribution in [0, 0.1) is 0 Å². The third-order valence-corrected chi connectivity index (χ3v) is 4.72. The molecule has 116 valence electrons. The Kier molecular flexibility index (Phi) is 3.83. The van der Waals surface area contributed by atoms with Gasteiger partial charge < -0.3 is 10.2 Å². The zero-order chi connectivity index (χ0) is 16.6. The maximum absolute atomic E-state index is 12.6. The molecule has 0 atom stereocenters. The van der Waals surface area contributed by atoms with Crippen molar-refractivity contribution >= 4 is 43.4 Å². The van der Waals surface area contributed by atoms with Gasteiger partial charge in [0.25, 0.3) is 0 Å². The van der Waals surface area contributed by atoms with E-state index >= 15 is 0 Å². The number of carboxylic acids is 2. The molecule has 3 rings (SSSR count). The Morgan fingerprint density at radius 3 is 2.48 bits per heavy atom. The molecule has 0 aliphatic carbocycles. The number of carboxylic acid groups (broad SMARTS) is 2. The van der Waals surface area contributed by atoms with E-state index in [1.807, 2.05) is 12.1 Å². The van der Waals surface area contributed by atoms with Gasteiger partial charge in [0.15, 0.2) is 5.43 Å². The SMILES string of the molecule is O=C(O)CCc1cc(C(=O)O)c2c(=O)c3ccccc3sc2c1. The van der Waals surface area contributed by atoms with E-state index in [-0.39, 0.29) is 29.2 Å². The van der Waals surface area contributed by atoms with Crippen molar-refractivity contribution in [3.05, 3.63) is 57.7 Å². The van der Waals surface area contributed by atoms with Crippen molar-refractivity contribution in [1.29, 1.82) is 0 Å². The summed E-state index contributed by atoms with van der Waals surface area (Å²) in [6.45, 7) is 0. The molecule has 1 heterocycles. The monoisotopic (exact) mass is 328 g/mol. The summed E-state index contributed by atoms with van der Waals surface area (Å²) in [7, 11) is 0. The van der Waals surface area contributed by atoms with Crippen molar-refractivity contribution < 1.29 is 19.8 Å². The standard InChI is InChI=1S/C17H12O5S/c18-14(19)6-5-9-7-11(17(21)22)15-13(8-9)23-12-4-2-1-3-10(12)16(15)20/h1-4,7-8H,5-6H2,(H,18,19)(H,21,22). The van der Waals surface area contributed by atoms with Crippen LogP contribution >= 0.6 is 11.3 Å². The van der Waals surface area contributed by atoms with Crippen LogP contribution in [0.25, 0.3) is 20.2 Å². The van der Waals surface area contributed by atoms with Crippen LogP contribution in [0.3, 0.4) is 0 Å². The van der Waals surface area contributed by atoms with E-state index in [4.69, 9.17) is 5.11 Å². The largest absolute Gasteiger partial charge is 0.481 e. The quantitative estimate of drug-likeness (QED) is 0.718. The van der Waals surface area contributed by atoms with Gasteiger partial charge in [0.1, 0.15) is 0 Å². The molecule has 0 aliphatic rings. The van der Waals surface area contributed by atoms with Gasteiger partial charge in [-0.15, -0.1) is 11.3 Å². The molecule has 0 aliphatic heterocycles. The van der Waals surface area contributed by atoms with Gasteiger partial charge in [-0.25, -0.2) is 4.79 Å². The summed E-state index contributed by atoms with van der Waals surface area (Å²) in [5.41, 5.74) is 0.217. The Morgan fingerprint density at radius 2 is 1.78 bits per heavy atom. The van der Waals surface area contributed by atoms with Crippen LogP contribution in [0.15, 0.2) is 41.2 Å². The molecular formula is C17H12O5S. The maximum atomic E-state index is 12.6. The number of rotatable bonds is 4. The van der Waals surface area contributed by atoms with Gasteiger partial charge in [-0.3, -0.25) is 9.59 Å². The van der Waals surface area contributed by atoms with E-state index in [9.17, 15) is 19.5 Å². The minimum absolute atomic E-state index is 0.0742. The van der Waals surface area contributed by atoms with Crippen LogP contribution in [0.1, 0.15) is 22.3 Å². The van der Waals surface area contributed by atoms with Gasteiger partial charge in [-0.05, 0) is 36.2 Å². The predicted molar refractivity (Wildman–Crippen MR) is 88.5 cm³/mol. The van der Waals surface area contributed by atoms with Crippen LogP contribution in [0.5, 0.6) is 0 Å². The molecule has 2 aromatic carbocycles. The minimum Gasteiger partial charge on any atom is -0.481 e. The second-order valence-corrected chi connectivity index (χ2v) is 6.23. The number of aryl methyl sites for hydroxylation is 1. The fourth-order valence-electron chi connectivity index (χ4n) is 2.55. The first-order valence-electron chi connectivity index (χ1n) is 6.91. The summed E-state index contributed by atoms with van der Waals surface area (Å²) < 4.78 is 1.34. The van der Waals surface area contributed by atoms with Gasteiger partial charge in [-0.1, -0.05) is 12.1 Å². The zero-order valence-electron chi connectivity index (χ0n) is 11.9. The number of hydrogen-bond acceptors (Lipinski definition) is 4. The van der Waals surface area contributed by atoms with Gasteiger partial charge >= 0.3 is 11.9 Å². The number of carbonyl (C=O) groups is 2. The molecule has 0 amide bonds. The molecule has 0 fully saturated rings. The fraction of sp³-hybridized carbons (Fsp3) is 0.118. The second kappa shape index (κ2) is 5.81. The summed E-state index contributed by atoms with van der Waals surface area (Å²) in [6, 6.07) is 10.2. The van der Waals surface area contributed by atoms with Gasteiger partial charge in [0, 0.05) is 21.2 Å².